The summed E-state index contributed by atoms with van der Waals surface area (Å²) in [7, 11) is 0. The van der Waals surface area contributed by atoms with Crippen molar-refractivity contribution in [3.63, 3.8) is 0 Å². The van der Waals surface area contributed by atoms with Gasteiger partial charge in [-0.1, -0.05) is 73.5 Å². The number of ketones is 1. The van der Waals surface area contributed by atoms with Gasteiger partial charge in [0.15, 0.2) is 0 Å². The van der Waals surface area contributed by atoms with E-state index in [-0.39, 0.29) is 5.54 Å². The summed E-state index contributed by atoms with van der Waals surface area (Å²) in [6.45, 7) is 4.13. The van der Waals surface area contributed by atoms with E-state index < -0.39 is 5.54 Å². The number of benzene rings is 2. The summed E-state index contributed by atoms with van der Waals surface area (Å²) < 4.78 is 0. The topological polar surface area (TPSA) is 109 Å². The van der Waals surface area contributed by atoms with Crippen LogP contribution in [0, 0.1) is 5.41 Å². The van der Waals surface area contributed by atoms with Crippen LogP contribution in [0.15, 0.2) is 65.7 Å². The average molecular weight is 450 g/mol. The van der Waals surface area contributed by atoms with E-state index in [1.165, 1.54) is 11.3 Å². The molecular weight excluding hydrogens is 410 g/mol. The number of aliphatic imine (C=N–C) groups is 1. The van der Waals surface area contributed by atoms with Gasteiger partial charge in [0.05, 0.1) is 23.8 Å². The van der Waals surface area contributed by atoms with Crippen molar-refractivity contribution in [3.8, 4) is 0 Å². The molecule has 0 fully saturated rings. The highest BCUT2D eigenvalue weighted by molar-refractivity contribution is 5.78. The number of carbonyl (C=O) groups is 1. The third-order valence-corrected chi connectivity index (χ3v) is 6.60. The second kappa shape index (κ2) is 12.9. The molecule has 0 radical (unpaired) electrons. The molecule has 0 amide bonds. The van der Waals surface area contributed by atoms with Crippen molar-refractivity contribution in [1.29, 1.82) is 5.41 Å². The fourth-order valence-corrected chi connectivity index (χ4v) is 4.32. The maximum absolute atomic E-state index is 12.4. The van der Waals surface area contributed by atoms with E-state index in [2.05, 4.69) is 24.0 Å². The van der Waals surface area contributed by atoms with Gasteiger partial charge >= 0.3 is 0 Å². The SMILES string of the molecule is CC(CCCCC(=O)CCCCC(C)(c1ccccc1)N(N)C=N)(N=CN)c1ccccc1. The van der Waals surface area contributed by atoms with E-state index in [0.717, 1.165) is 56.0 Å². The van der Waals surface area contributed by atoms with E-state index in [4.69, 9.17) is 17.0 Å². The highest BCUT2D eigenvalue weighted by Crippen LogP contribution is 2.32. The number of rotatable bonds is 15. The predicted molar refractivity (Wildman–Crippen MR) is 137 cm³/mol. The fourth-order valence-electron chi connectivity index (χ4n) is 4.32. The first-order valence-electron chi connectivity index (χ1n) is 11.8. The highest BCUT2D eigenvalue weighted by atomic mass is 16.1. The smallest absolute Gasteiger partial charge is 0.132 e. The molecule has 2 rings (SSSR count). The Morgan fingerprint density at radius 3 is 1.94 bits per heavy atom. The standard InChI is InChI=1S/C27H39N5O/c1-26(31-21-28,23-13-5-3-6-14-23)19-11-9-17-25(33)18-10-12-20-27(2,32(30)22-29)24-15-7-4-8-16-24/h3-8,13-16,21-22,29H,9-12,17-20,30H2,1-2H3,(H2,28,31). The van der Waals surface area contributed by atoms with Gasteiger partial charge in [-0.25, -0.2) is 5.84 Å². The second-order valence-corrected chi connectivity index (χ2v) is 9.05. The number of carbonyl (C=O) groups excluding carboxylic acids is 1. The van der Waals surface area contributed by atoms with Crippen LogP contribution in [0.3, 0.4) is 0 Å². The van der Waals surface area contributed by atoms with Gasteiger partial charge in [0, 0.05) is 12.8 Å². The number of Topliss-reactive ketones (excluding diaryl/α,β-unsaturated/α-hetero) is 1. The van der Waals surface area contributed by atoms with Crippen LogP contribution in [0.1, 0.15) is 76.3 Å². The molecule has 0 aliphatic heterocycles. The van der Waals surface area contributed by atoms with Crippen molar-refractivity contribution in [2.24, 2.45) is 16.6 Å². The van der Waals surface area contributed by atoms with E-state index in [9.17, 15) is 4.79 Å². The van der Waals surface area contributed by atoms with Crippen LogP contribution in [0.4, 0.5) is 0 Å². The summed E-state index contributed by atoms with van der Waals surface area (Å²) in [5.74, 6) is 6.41. The van der Waals surface area contributed by atoms with Crippen molar-refractivity contribution in [1.82, 2.24) is 5.01 Å². The van der Waals surface area contributed by atoms with E-state index in [0.29, 0.717) is 18.6 Å². The Balaban J connectivity index is 1.76. The Morgan fingerprint density at radius 2 is 1.42 bits per heavy atom. The first-order chi connectivity index (χ1) is 15.9. The van der Waals surface area contributed by atoms with E-state index in [1.54, 1.807) is 0 Å². The van der Waals surface area contributed by atoms with E-state index >= 15 is 0 Å². The molecule has 0 heterocycles. The molecule has 0 aromatic heterocycles. The number of hydrogen-bond acceptors (Lipinski definition) is 4. The third kappa shape index (κ3) is 7.53. The lowest BCUT2D eigenvalue weighted by Gasteiger charge is -2.37. The Hall–Kier alpha value is -2.99. The molecule has 0 aliphatic carbocycles. The first kappa shape index (κ1) is 26.3. The van der Waals surface area contributed by atoms with Gasteiger partial charge in [0.1, 0.15) is 5.78 Å². The van der Waals surface area contributed by atoms with Crippen LogP contribution >= 0.6 is 0 Å². The number of hydrazine groups is 1. The van der Waals surface area contributed by atoms with E-state index in [1.807, 2.05) is 55.5 Å². The Morgan fingerprint density at radius 1 is 0.909 bits per heavy atom. The van der Waals surface area contributed by atoms with Crippen LogP contribution in [0.25, 0.3) is 0 Å². The minimum Gasteiger partial charge on any atom is -0.390 e. The molecule has 0 aliphatic rings. The summed E-state index contributed by atoms with van der Waals surface area (Å²) in [6, 6.07) is 20.2. The molecule has 2 unspecified atom stereocenters. The van der Waals surface area contributed by atoms with Gasteiger partial charge in [0.2, 0.25) is 0 Å². The molecule has 0 spiro atoms. The Labute approximate surface area is 198 Å². The Kier molecular flexibility index (Phi) is 10.3. The molecule has 6 nitrogen and oxygen atoms in total. The molecule has 2 aromatic rings. The zero-order valence-electron chi connectivity index (χ0n) is 20.0. The number of hydrogen-bond donors (Lipinski definition) is 3. The number of unbranched alkanes of at least 4 members (excludes halogenated alkanes) is 2. The van der Waals surface area contributed by atoms with Gasteiger partial charge in [-0.2, -0.15) is 0 Å². The molecule has 5 N–H and O–H groups in total. The largest absolute Gasteiger partial charge is 0.390 e. The highest BCUT2D eigenvalue weighted by Gasteiger charge is 2.30. The summed E-state index contributed by atoms with van der Waals surface area (Å²) in [5, 5.41) is 9.04. The monoisotopic (exact) mass is 449 g/mol. The summed E-state index contributed by atoms with van der Waals surface area (Å²) in [5.41, 5.74) is 6.99. The maximum atomic E-state index is 12.4. The van der Waals surface area contributed by atoms with Crippen LogP contribution in [-0.2, 0) is 15.9 Å². The minimum atomic E-state index is -0.461. The lowest BCUT2D eigenvalue weighted by Crippen LogP contribution is -2.47. The molecular formula is C27H39N5O. The van der Waals surface area contributed by atoms with Crippen molar-refractivity contribution in [2.45, 2.75) is 76.3 Å². The quantitative estimate of drug-likeness (QED) is 0.113. The number of nitrogens with zero attached hydrogens (tertiary/aromatic N) is 2. The van der Waals surface area contributed by atoms with Crippen molar-refractivity contribution in [3.05, 3.63) is 71.8 Å². The van der Waals surface area contributed by atoms with Gasteiger partial charge < -0.3 is 5.73 Å². The lowest BCUT2D eigenvalue weighted by atomic mass is 9.85. The molecule has 0 saturated carbocycles. The van der Waals surface area contributed by atoms with Gasteiger partial charge in [-0.3, -0.25) is 20.2 Å². The van der Waals surface area contributed by atoms with Crippen molar-refractivity contribution >= 4 is 18.5 Å². The molecule has 33 heavy (non-hydrogen) atoms. The van der Waals surface area contributed by atoms with Crippen molar-refractivity contribution < 1.29 is 4.79 Å². The van der Waals surface area contributed by atoms with Gasteiger partial charge in [-0.05, 0) is 50.7 Å². The molecule has 0 bridgehead atoms. The lowest BCUT2D eigenvalue weighted by molar-refractivity contribution is -0.119. The summed E-state index contributed by atoms with van der Waals surface area (Å²) in [4.78, 5) is 16.9. The first-order valence-corrected chi connectivity index (χ1v) is 11.8. The molecule has 178 valence electrons. The minimum absolute atomic E-state index is 0.303. The zero-order valence-corrected chi connectivity index (χ0v) is 20.0. The molecule has 2 atom stereocenters. The van der Waals surface area contributed by atoms with Gasteiger partial charge in [-0.15, -0.1) is 0 Å². The second-order valence-electron chi connectivity index (χ2n) is 9.05. The normalized spacial score (nSPS) is 15.0. The predicted octanol–water partition coefficient (Wildman–Crippen LogP) is 5.28. The van der Waals surface area contributed by atoms with Gasteiger partial charge in [0.25, 0.3) is 0 Å². The van der Waals surface area contributed by atoms with Crippen LogP contribution in [-0.4, -0.2) is 23.5 Å². The number of nitrogens with two attached hydrogens (primary N) is 2. The zero-order chi connectivity index (χ0) is 24.2. The van der Waals surface area contributed by atoms with Crippen LogP contribution in [0.5, 0.6) is 0 Å². The summed E-state index contributed by atoms with van der Waals surface area (Å²) in [6.07, 6.45) is 8.82. The molecule has 6 heteroatoms. The maximum Gasteiger partial charge on any atom is 0.132 e. The van der Waals surface area contributed by atoms with Crippen LogP contribution in [0.2, 0.25) is 0 Å². The number of nitrogens with one attached hydrogen (secondary N) is 1. The molecule has 0 saturated heterocycles. The Bertz CT molecular complexity index is 886. The summed E-state index contributed by atoms with van der Waals surface area (Å²) >= 11 is 0. The molecule has 2 aromatic carbocycles. The van der Waals surface area contributed by atoms with Crippen LogP contribution < -0.4 is 11.6 Å². The average Bonchev–Trinajstić information content (AvgIpc) is 2.85. The third-order valence-electron chi connectivity index (χ3n) is 6.60. The fraction of sp³-hybridized carbons (Fsp3) is 0.444. The van der Waals surface area contributed by atoms with Crippen molar-refractivity contribution in [2.75, 3.05) is 0 Å².